The Bertz CT molecular complexity index is 4460. The largest absolute Gasteiger partial charge is 0.309 e. The van der Waals surface area contributed by atoms with Crippen LogP contribution in [0, 0.1) is 50.4 Å². The minimum Gasteiger partial charge on any atom is -0.309 e. The fourth-order valence-electron chi connectivity index (χ4n) is 12.0. The van der Waals surface area contributed by atoms with Gasteiger partial charge in [0.15, 0.2) is 0 Å². The lowest BCUT2D eigenvalue weighted by atomic mass is 9.90. The van der Waals surface area contributed by atoms with Crippen LogP contribution in [0.2, 0.25) is 0 Å². The monoisotopic (exact) mass is 920 g/mol. The van der Waals surface area contributed by atoms with Crippen molar-refractivity contribution in [2.75, 3.05) is 0 Å². The van der Waals surface area contributed by atoms with Crippen LogP contribution in [0.15, 0.2) is 194 Å². The molecule has 0 aliphatic rings. The summed E-state index contributed by atoms with van der Waals surface area (Å²) in [6, 6.07) is 74.6. The Morgan fingerprint density at radius 1 is 0.264 bits per heavy atom. The summed E-state index contributed by atoms with van der Waals surface area (Å²) in [7, 11) is 0. The lowest BCUT2D eigenvalue weighted by Crippen LogP contribution is -2.10. The summed E-state index contributed by atoms with van der Waals surface area (Å²) in [6.45, 7) is 8.51. The molecule has 0 aliphatic carbocycles. The highest BCUT2D eigenvalue weighted by molar-refractivity contribution is 6.15. The van der Waals surface area contributed by atoms with Gasteiger partial charge >= 0.3 is 0 Å². The van der Waals surface area contributed by atoms with E-state index in [9.17, 15) is 10.5 Å². The van der Waals surface area contributed by atoms with Gasteiger partial charge in [-0.3, -0.25) is 0 Å². The molecule has 0 saturated heterocycles. The SMILES string of the molecule is Cc1ccc2c(c1)c1ccccc1n2-c1ccc(-n2c3ccccc3c3cc(C)ccc32)c(-c2c(-n3c4ccccc4c4cc(C)ccc43)ccc(-n3c4ccccc4c4cc(C)ccc43)c2C#N)c1C#N. The minimum absolute atomic E-state index is 0.457. The number of aromatic nitrogens is 4. The average Bonchev–Trinajstić information content (AvgIpc) is 4.12. The van der Waals surface area contributed by atoms with Crippen LogP contribution in [0.1, 0.15) is 33.4 Å². The smallest absolute Gasteiger partial charge is 0.102 e. The van der Waals surface area contributed by atoms with Gasteiger partial charge in [-0.15, -0.1) is 0 Å². The van der Waals surface area contributed by atoms with E-state index in [2.05, 4.69) is 252 Å². The second kappa shape index (κ2) is 15.4. The van der Waals surface area contributed by atoms with E-state index in [1.807, 2.05) is 0 Å². The van der Waals surface area contributed by atoms with Crippen LogP contribution in [0.3, 0.4) is 0 Å². The third-order valence-corrected chi connectivity index (χ3v) is 15.1. The quantitative estimate of drug-likeness (QED) is 0.173. The van der Waals surface area contributed by atoms with E-state index in [1.54, 1.807) is 0 Å². The van der Waals surface area contributed by atoms with Gasteiger partial charge in [-0.2, -0.15) is 10.5 Å². The molecular weight excluding hydrogens is 877 g/mol. The molecule has 14 aromatic rings. The summed E-state index contributed by atoms with van der Waals surface area (Å²) < 4.78 is 9.13. The van der Waals surface area contributed by atoms with Gasteiger partial charge in [-0.25, -0.2) is 0 Å². The summed E-state index contributed by atoms with van der Waals surface area (Å²) in [6.07, 6.45) is 0. The van der Waals surface area contributed by atoms with Gasteiger partial charge in [0, 0.05) is 54.2 Å². The maximum Gasteiger partial charge on any atom is 0.102 e. The molecule has 0 unspecified atom stereocenters. The first-order valence-electron chi connectivity index (χ1n) is 24.5. The maximum atomic E-state index is 12.3. The molecule has 14 rings (SSSR count). The minimum atomic E-state index is 0.457. The fraction of sp³-hybridized carbons (Fsp3) is 0.0606. The highest BCUT2D eigenvalue weighted by atomic mass is 15.0. The predicted octanol–water partition coefficient (Wildman–Crippen LogP) is 16.7. The first-order chi connectivity index (χ1) is 35.3. The van der Waals surface area contributed by atoms with E-state index in [0.717, 1.165) is 132 Å². The molecule has 0 radical (unpaired) electrons. The Balaban J connectivity index is 1.23. The normalized spacial score (nSPS) is 11.9. The Hall–Kier alpha value is -9.62. The number of nitrogens with zero attached hydrogens (tertiary/aromatic N) is 6. The Labute approximate surface area is 415 Å². The molecule has 6 nitrogen and oxygen atoms in total. The second-order valence-electron chi connectivity index (χ2n) is 19.4. The molecular formula is C66H44N6. The molecule has 0 atom stereocenters. The van der Waals surface area contributed by atoms with Gasteiger partial charge < -0.3 is 18.3 Å². The number of aryl methyl sites for hydroxylation is 4. The molecule has 338 valence electrons. The van der Waals surface area contributed by atoms with Gasteiger partial charge in [0.05, 0.1) is 78.0 Å². The molecule has 0 aliphatic heterocycles. The third-order valence-electron chi connectivity index (χ3n) is 15.1. The molecule has 72 heavy (non-hydrogen) atoms. The predicted molar refractivity (Wildman–Crippen MR) is 298 cm³/mol. The standard InChI is InChI=1S/C66H44N6/c1-39-21-25-57-47(33-39)43-13-5-9-17-53(43)69(57)61-29-31-63(71-55-19-11-7-15-45(55)49-35-41(3)23-27-59(49)71)65(51(61)37-67)66-52(38-68)62(70-54-18-10-6-14-44(54)48-34-40(2)22-26-58(48)70)30-32-64(66)72-56-20-12-8-16-46(56)50-36-42(4)24-28-60(50)72/h5-36H,1-4H3. The first-order valence-corrected chi connectivity index (χ1v) is 24.5. The van der Waals surface area contributed by atoms with Crippen molar-refractivity contribution in [3.63, 3.8) is 0 Å². The zero-order valence-corrected chi connectivity index (χ0v) is 40.2. The molecule has 0 saturated carbocycles. The number of para-hydroxylation sites is 4. The summed E-state index contributed by atoms with van der Waals surface area (Å²) in [4.78, 5) is 0. The van der Waals surface area contributed by atoms with Crippen molar-refractivity contribution in [2.45, 2.75) is 27.7 Å². The van der Waals surface area contributed by atoms with Gasteiger partial charge in [0.2, 0.25) is 0 Å². The van der Waals surface area contributed by atoms with Gasteiger partial charge in [0.25, 0.3) is 0 Å². The van der Waals surface area contributed by atoms with Crippen molar-refractivity contribution >= 4 is 87.2 Å². The van der Waals surface area contributed by atoms with E-state index < -0.39 is 0 Å². The number of hydrogen-bond acceptors (Lipinski definition) is 2. The van der Waals surface area contributed by atoms with Crippen LogP contribution in [0.25, 0.3) is 121 Å². The van der Waals surface area contributed by atoms with Gasteiger partial charge in [-0.05, 0) is 125 Å². The van der Waals surface area contributed by atoms with Crippen molar-refractivity contribution in [1.29, 1.82) is 10.5 Å². The molecule has 4 aromatic heterocycles. The number of nitriles is 2. The van der Waals surface area contributed by atoms with Crippen molar-refractivity contribution < 1.29 is 0 Å². The Morgan fingerprint density at radius 2 is 0.500 bits per heavy atom. The molecule has 10 aromatic carbocycles. The van der Waals surface area contributed by atoms with Crippen molar-refractivity contribution in [2.24, 2.45) is 0 Å². The second-order valence-corrected chi connectivity index (χ2v) is 19.4. The van der Waals surface area contributed by atoms with E-state index in [-0.39, 0.29) is 0 Å². The molecule has 4 heterocycles. The average molecular weight is 921 g/mol. The van der Waals surface area contributed by atoms with E-state index in [4.69, 9.17) is 0 Å². The fourth-order valence-corrected chi connectivity index (χ4v) is 12.0. The highest BCUT2D eigenvalue weighted by Gasteiger charge is 2.30. The number of fused-ring (bicyclic) bond motifs is 12. The Morgan fingerprint density at radius 3 is 0.778 bits per heavy atom. The molecule has 0 amide bonds. The van der Waals surface area contributed by atoms with Crippen LogP contribution in [-0.4, -0.2) is 18.3 Å². The van der Waals surface area contributed by atoms with Crippen LogP contribution < -0.4 is 0 Å². The van der Waals surface area contributed by atoms with Gasteiger partial charge in [0.1, 0.15) is 12.1 Å². The van der Waals surface area contributed by atoms with Crippen LogP contribution in [0.5, 0.6) is 0 Å². The van der Waals surface area contributed by atoms with E-state index >= 15 is 0 Å². The molecule has 6 heteroatoms. The molecule has 0 fully saturated rings. The number of hydrogen-bond donors (Lipinski definition) is 0. The molecule has 0 N–H and O–H groups in total. The number of benzene rings is 10. The zero-order chi connectivity index (χ0) is 48.5. The van der Waals surface area contributed by atoms with Crippen molar-refractivity contribution in [3.8, 4) is 46.0 Å². The topological polar surface area (TPSA) is 67.3 Å². The lowest BCUT2D eigenvalue weighted by molar-refractivity contribution is 1.11. The van der Waals surface area contributed by atoms with Crippen molar-refractivity contribution in [3.05, 3.63) is 228 Å². The Kier molecular flexibility index (Phi) is 8.87. The van der Waals surface area contributed by atoms with Crippen LogP contribution in [0.4, 0.5) is 0 Å². The van der Waals surface area contributed by atoms with E-state index in [1.165, 1.54) is 0 Å². The van der Waals surface area contributed by atoms with Crippen LogP contribution >= 0.6 is 0 Å². The first kappa shape index (κ1) is 41.4. The lowest BCUT2D eigenvalue weighted by Gasteiger charge is -2.24. The van der Waals surface area contributed by atoms with Crippen molar-refractivity contribution in [1.82, 2.24) is 18.3 Å². The van der Waals surface area contributed by atoms with Gasteiger partial charge in [-0.1, -0.05) is 119 Å². The highest BCUT2D eigenvalue weighted by Crippen LogP contribution is 2.48. The summed E-state index contributed by atoms with van der Waals surface area (Å²) in [5.74, 6) is 0. The third kappa shape index (κ3) is 5.75. The number of rotatable bonds is 5. The maximum absolute atomic E-state index is 12.3. The summed E-state index contributed by atoms with van der Waals surface area (Å²) in [5, 5.41) is 33.4. The van der Waals surface area contributed by atoms with Crippen LogP contribution in [-0.2, 0) is 0 Å². The summed E-state index contributed by atoms with van der Waals surface area (Å²) >= 11 is 0. The van der Waals surface area contributed by atoms with E-state index in [0.29, 0.717) is 22.3 Å². The molecule has 0 spiro atoms. The molecule has 0 bridgehead atoms. The summed E-state index contributed by atoms with van der Waals surface area (Å²) in [5.41, 5.74) is 17.9. The zero-order valence-electron chi connectivity index (χ0n) is 40.2.